The van der Waals surface area contributed by atoms with Crippen LogP contribution in [-0.4, -0.2) is 35.2 Å². The van der Waals surface area contributed by atoms with Crippen molar-refractivity contribution >= 4 is 40.4 Å². The molecule has 6 nitrogen and oxygen atoms in total. The van der Waals surface area contributed by atoms with Gasteiger partial charge in [-0.1, -0.05) is 12.1 Å². The second kappa shape index (κ2) is 6.84. The molecule has 1 saturated heterocycles. The Balaban J connectivity index is 1.69. The molecule has 1 aliphatic heterocycles. The van der Waals surface area contributed by atoms with Crippen LogP contribution >= 0.6 is 11.3 Å². The average molecular weight is 343 g/mol. The zero-order valence-corrected chi connectivity index (χ0v) is 13.9. The molecule has 124 valence electrons. The fourth-order valence-corrected chi connectivity index (χ4v) is 3.24. The highest BCUT2D eigenvalue weighted by atomic mass is 32.1. The van der Waals surface area contributed by atoms with Crippen LogP contribution in [0.3, 0.4) is 0 Å². The van der Waals surface area contributed by atoms with Crippen LogP contribution < -0.4 is 10.6 Å². The van der Waals surface area contributed by atoms with Crippen LogP contribution in [-0.2, 0) is 9.59 Å². The van der Waals surface area contributed by atoms with Gasteiger partial charge in [0.25, 0.3) is 11.8 Å². The van der Waals surface area contributed by atoms with E-state index in [1.54, 1.807) is 37.3 Å². The smallest absolute Gasteiger partial charge is 0.265 e. The van der Waals surface area contributed by atoms with Crippen molar-refractivity contribution in [1.29, 1.82) is 0 Å². The molecule has 0 aliphatic carbocycles. The lowest BCUT2D eigenvalue weighted by Crippen LogP contribution is -2.34. The fraction of sp³-hybridized carbons (Fsp3) is 0.235. The Morgan fingerprint density at radius 1 is 1.25 bits per heavy atom. The number of likely N-dealkylation sites (N-methyl/N-ethyl adjacent to an activating group) is 1. The maximum absolute atomic E-state index is 12.1. The number of amides is 3. The van der Waals surface area contributed by atoms with Gasteiger partial charge in [0.05, 0.1) is 11.3 Å². The molecule has 0 spiro atoms. The topological polar surface area (TPSA) is 78.5 Å². The van der Waals surface area contributed by atoms with Crippen molar-refractivity contribution < 1.29 is 14.4 Å². The minimum absolute atomic E-state index is 0.151. The Morgan fingerprint density at radius 3 is 2.71 bits per heavy atom. The van der Waals surface area contributed by atoms with Gasteiger partial charge >= 0.3 is 0 Å². The maximum atomic E-state index is 12.1. The first-order chi connectivity index (χ1) is 11.6. The molecule has 2 aromatic rings. The number of benzene rings is 1. The lowest BCUT2D eigenvalue weighted by Gasteiger charge is -2.15. The minimum Gasteiger partial charge on any atom is -0.373 e. The van der Waals surface area contributed by atoms with Crippen molar-refractivity contribution in [2.24, 2.45) is 0 Å². The summed E-state index contributed by atoms with van der Waals surface area (Å²) in [6.45, 7) is 2.16. The number of nitrogens with zero attached hydrogens (tertiary/aromatic N) is 1. The van der Waals surface area contributed by atoms with Gasteiger partial charge in [0.2, 0.25) is 5.91 Å². The first-order valence-corrected chi connectivity index (χ1v) is 8.52. The molecule has 24 heavy (non-hydrogen) atoms. The highest BCUT2D eigenvalue weighted by Gasteiger charge is 2.37. The van der Waals surface area contributed by atoms with Gasteiger partial charge in [0.1, 0.15) is 6.04 Å². The van der Waals surface area contributed by atoms with Crippen molar-refractivity contribution in [1.82, 2.24) is 4.90 Å². The van der Waals surface area contributed by atoms with E-state index < -0.39 is 6.04 Å². The summed E-state index contributed by atoms with van der Waals surface area (Å²) in [5.41, 5.74) is 1.31. The molecule has 7 heteroatoms. The quantitative estimate of drug-likeness (QED) is 0.818. The first-order valence-electron chi connectivity index (χ1n) is 7.64. The summed E-state index contributed by atoms with van der Waals surface area (Å²) in [4.78, 5) is 37.9. The van der Waals surface area contributed by atoms with E-state index in [4.69, 9.17) is 0 Å². The lowest BCUT2D eigenvalue weighted by atomic mass is 10.2. The van der Waals surface area contributed by atoms with E-state index in [0.717, 1.165) is 0 Å². The zero-order valence-electron chi connectivity index (χ0n) is 13.1. The summed E-state index contributed by atoms with van der Waals surface area (Å²) in [6, 6.07) is 10.1. The molecule has 1 aromatic carbocycles. The van der Waals surface area contributed by atoms with Gasteiger partial charge in [0, 0.05) is 17.9 Å². The van der Waals surface area contributed by atoms with E-state index in [1.165, 1.54) is 16.2 Å². The molecule has 1 atom stereocenters. The van der Waals surface area contributed by atoms with Crippen LogP contribution in [0.1, 0.15) is 23.0 Å². The highest BCUT2D eigenvalue weighted by molar-refractivity contribution is 7.12. The van der Waals surface area contributed by atoms with Gasteiger partial charge < -0.3 is 10.6 Å². The molecule has 2 heterocycles. The van der Waals surface area contributed by atoms with Gasteiger partial charge in [-0.3, -0.25) is 19.3 Å². The van der Waals surface area contributed by atoms with Crippen molar-refractivity contribution in [2.45, 2.75) is 19.4 Å². The Bertz CT molecular complexity index is 773. The summed E-state index contributed by atoms with van der Waals surface area (Å²) >= 11 is 1.37. The van der Waals surface area contributed by atoms with Crippen LogP contribution in [0.2, 0.25) is 0 Å². The summed E-state index contributed by atoms with van der Waals surface area (Å²) in [5, 5.41) is 7.73. The molecule has 0 saturated carbocycles. The fourth-order valence-electron chi connectivity index (χ4n) is 2.62. The van der Waals surface area contributed by atoms with Crippen LogP contribution in [0.25, 0.3) is 0 Å². The highest BCUT2D eigenvalue weighted by Crippen LogP contribution is 2.21. The third kappa shape index (κ3) is 3.30. The number of carbonyl (C=O) groups excluding carboxylic acids is 3. The number of likely N-dealkylation sites (tertiary alicyclic amines) is 1. The van der Waals surface area contributed by atoms with Crippen LogP contribution in [0.4, 0.5) is 11.4 Å². The number of hydrogen-bond acceptors (Lipinski definition) is 5. The zero-order chi connectivity index (χ0) is 17.1. The number of imide groups is 1. The Morgan fingerprint density at radius 2 is 2.04 bits per heavy atom. The van der Waals surface area contributed by atoms with E-state index in [2.05, 4.69) is 10.6 Å². The molecular formula is C17H17N3O3S. The number of thiophene rings is 1. The van der Waals surface area contributed by atoms with E-state index in [9.17, 15) is 14.4 Å². The van der Waals surface area contributed by atoms with Crippen molar-refractivity contribution in [2.75, 3.05) is 17.2 Å². The van der Waals surface area contributed by atoms with Gasteiger partial charge in [-0.15, -0.1) is 11.3 Å². The van der Waals surface area contributed by atoms with Gasteiger partial charge in [-0.05, 0) is 36.6 Å². The van der Waals surface area contributed by atoms with Crippen LogP contribution in [0.15, 0.2) is 41.8 Å². The van der Waals surface area contributed by atoms with E-state index in [-0.39, 0.29) is 24.1 Å². The van der Waals surface area contributed by atoms with E-state index >= 15 is 0 Å². The molecule has 3 rings (SSSR count). The molecule has 0 unspecified atom stereocenters. The SMILES string of the molecule is CCN1C(=O)C[C@H](Nc2cccc(NC(=O)c3cccs3)c2)C1=O. The predicted molar refractivity (Wildman–Crippen MR) is 93.1 cm³/mol. The first kappa shape index (κ1) is 16.2. The summed E-state index contributed by atoms with van der Waals surface area (Å²) in [7, 11) is 0. The van der Waals surface area contributed by atoms with Crippen molar-refractivity contribution in [3.8, 4) is 0 Å². The van der Waals surface area contributed by atoms with E-state index in [1.807, 2.05) is 11.4 Å². The molecule has 2 N–H and O–H groups in total. The van der Waals surface area contributed by atoms with Crippen LogP contribution in [0.5, 0.6) is 0 Å². The predicted octanol–water partition coefficient (Wildman–Crippen LogP) is 2.56. The Hall–Kier alpha value is -2.67. The Kier molecular flexibility index (Phi) is 4.61. The molecule has 1 aromatic heterocycles. The van der Waals surface area contributed by atoms with Gasteiger partial charge in [0.15, 0.2) is 0 Å². The lowest BCUT2D eigenvalue weighted by molar-refractivity contribution is -0.138. The molecule has 1 aliphatic rings. The molecule has 1 fully saturated rings. The normalized spacial score (nSPS) is 17.2. The number of hydrogen-bond donors (Lipinski definition) is 2. The van der Waals surface area contributed by atoms with Gasteiger partial charge in [-0.25, -0.2) is 0 Å². The molecule has 0 radical (unpaired) electrons. The van der Waals surface area contributed by atoms with Crippen molar-refractivity contribution in [3.05, 3.63) is 46.7 Å². The van der Waals surface area contributed by atoms with Crippen molar-refractivity contribution in [3.63, 3.8) is 0 Å². The number of rotatable bonds is 5. The second-order valence-corrected chi connectivity index (χ2v) is 6.34. The monoisotopic (exact) mass is 343 g/mol. The standard InChI is InChI=1S/C17H17N3O3S/c1-2-20-15(21)10-13(17(20)23)18-11-5-3-6-12(9-11)19-16(22)14-7-4-8-24-14/h3-9,13,18H,2,10H2,1H3,(H,19,22)/t13-/m0/s1. The Labute approximate surface area is 143 Å². The summed E-state index contributed by atoms with van der Waals surface area (Å²) in [6.07, 6.45) is 0.151. The number of nitrogens with one attached hydrogen (secondary N) is 2. The molecular weight excluding hydrogens is 326 g/mol. The average Bonchev–Trinajstić information content (AvgIpc) is 3.17. The third-order valence-electron chi connectivity index (χ3n) is 3.77. The number of carbonyl (C=O) groups is 3. The third-order valence-corrected chi connectivity index (χ3v) is 4.64. The van der Waals surface area contributed by atoms with Gasteiger partial charge in [-0.2, -0.15) is 0 Å². The van der Waals surface area contributed by atoms with E-state index in [0.29, 0.717) is 22.8 Å². The minimum atomic E-state index is -0.555. The molecule has 3 amide bonds. The summed E-state index contributed by atoms with van der Waals surface area (Å²) < 4.78 is 0. The van der Waals surface area contributed by atoms with Crippen LogP contribution in [0, 0.1) is 0 Å². The maximum Gasteiger partial charge on any atom is 0.265 e. The molecule has 0 bridgehead atoms. The second-order valence-electron chi connectivity index (χ2n) is 5.39. The summed E-state index contributed by atoms with van der Waals surface area (Å²) in [5.74, 6) is -0.552. The number of anilines is 2. The largest absolute Gasteiger partial charge is 0.373 e.